The third kappa shape index (κ3) is 8.34. The zero-order valence-corrected chi connectivity index (χ0v) is 18.1. The first-order valence-electron chi connectivity index (χ1n) is 10.8. The predicted molar refractivity (Wildman–Crippen MR) is 114 cm³/mol. The molecule has 7 heteroatoms. The number of morpholine rings is 1. The van der Waals surface area contributed by atoms with Crippen LogP contribution < -0.4 is 10.6 Å². The largest absolute Gasteiger partial charge is 0.379 e. The lowest BCUT2D eigenvalue weighted by Crippen LogP contribution is -2.52. The lowest BCUT2D eigenvalue weighted by atomic mass is 10.0. The Labute approximate surface area is 166 Å². The second-order valence-electron chi connectivity index (χ2n) is 8.39. The number of hydrogen-bond donors (Lipinski definition) is 2. The molecule has 2 N–H and O–H groups in total. The third-order valence-electron chi connectivity index (χ3n) is 5.59. The summed E-state index contributed by atoms with van der Waals surface area (Å²) in [6.45, 7) is 19.0. The van der Waals surface area contributed by atoms with Gasteiger partial charge in [-0.1, -0.05) is 0 Å². The van der Waals surface area contributed by atoms with E-state index in [4.69, 9.17) is 9.73 Å². The summed E-state index contributed by atoms with van der Waals surface area (Å²) in [4.78, 5) is 12.4. The molecule has 0 atom stereocenters. The summed E-state index contributed by atoms with van der Waals surface area (Å²) in [5, 5.41) is 6.91. The molecule has 2 rings (SSSR count). The van der Waals surface area contributed by atoms with Gasteiger partial charge in [-0.3, -0.25) is 9.89 Å². The number of hydrogen-bond acceptors (Lipinski definition) is 5. The van der Waals surface area contributed by atoms with Crippen LogP contribution in [0.5, 0.6) is 0 Å². The molecule has 27 heavy (non-hydrogen) atoms. The Kier molecular flexibility index (Phi) is 9.82. The van der Waals surface area contributed by atoms with Crippen LogP contribution in [0.3, 0.4) is 0 Å². The van der Waals surface area contributed by atoms with Gasteiger partial charge in [-0.15, -0.1) is 0 Å². The minimum absolute atomic E-state index is 0.0597. The highest BCUT2D eigenvalue weighted by Crippen LogP contribution is 2.16. The first-order chi connectivity index (χ1) is 13.0. The van der Waals surface area contributed by atoms with Crippen molar-refractivity contribution in [2.24, 2.45) is 4.99 Å². The van der Waals surface area contributed by atoms with E-state index in [1.807, 2.05) is 0 Å². The SMILES string of the molecule is CCNC(=NCC(C)(C)N1CCOCC1)NCCCN1CCCN(C)CC1. The van der Waals surface area contributed by atoms with Crippen LogP contribution in [-0.4, -0.2) is 112 Å². The average Bonchev–Trinajstić information content (AvgIpc) is 2.88. The Bertz CT molecular complexity index is 436. The number of aliphatic imine (C=N–C) groups is 1. The molecule has 2 aliphatic rings. The second kappa shape index (κ2) is 11.8. The monoisotopic (exact) mass is 382 g/mol. The Morgan fingerprint density at radius 3 is 2.56 bits per heavy atom. The van der Waals surface area contributed by atoms with Crippen molar-refractivity contribution in [2.75, 3.05) is 85.7 Å². The van der Waals surface area contributed by atoms with Crippen molar-refractivity contribution in [2.45, 2.75) is 39.2 Å². The van der Waals surface area contributed by atoms with Crippen molar-refractivity contribution in [3.8, 4) is 0 Å². The molecule has 0 amide bonds. The molecular formula is C20H42N6O. The Balaban J connectivity index is 1.72. The summed E-state index contributed by atoms with van der Waals surface area (Å²) in [6, 6.07) is 0. The molecule has 0 bridgehead atoms. The van der Waals surface area contributed by atoms with Crippen LogP contribution in [0.25, 0.3) is 0 Å². The second-order valence-corrected chi connectivity index (χ2v) is 8.39. The molecular weight excluding hydrogens is 340 g/mol. The molecule has 2 fully saturated rings. The van der Waals surface area contributed by atoms with E-state index in [-0.39, 0.29) is 5.54 Å². The molecule has 0 saturated carbocycles. The van der Waals surface area contributed by atoms with E-state index >= 15 is 0 Å². The molecule has 0 aromatic heterocycles. The van der Waals surface area contributed by atoms with Crippen molar-refractivity contribution in [1.82, 2.24) is 25.3 Å². The van der Waals surface area contributed by atoms with Crippen LogP contribution in [0.1, 0.15) is 33.6 Å². The summed E-state index contributed by atoms with van der Waals surface area (Å²) >= 11 is 0. The molecule has 0 radical (unpaired) electrons. The summed E-state index contributed by atoms with van der Waals surface area (Å²) in [6.07, 6.45) is 2.44. The van der Waals surface area contributed by atoms with Crippen LogP contribution >= 0.6 is 0 Å². The number of rotatable bonds is 8. The first kappa shape index (κ1) is 22.4. The Hall–Kier alpha value is -0.890. The standard InChI is InChI=1S/C20H42N6O/c1-5-21-19(23-18-20(2,3)26-14-16-27-17-15-26)22-8-6-10-25-11-7-9-24(4)12-13-25/h5-18H2,1-4H3,(H2,21,22,23). The van der Waals surface area contributed by atoms with Gasteiger partial charge in [0.2, 0.25) is 0 Å². The van der Waals surface area contributed by atoms with E-state index in [0.717, 1.165) is 58.3 Å². The molecule has 0 aromatic rings. The number of nitrogens with one attached hydrogen (secondary N) is 2. The van der Waals surface area contributed by atoms with Gasteiger partial charge in [-0.25, -0.2) is 0 Å². The molecule has 0 spiro atoms. The van der Waals surface area contributed by atoms with E-state index in [9.17, 15) is 0 Å². The van der Waals surface area contributed by atoms with Gasteiger partial charge in [-0.2, -0.15) is 0 Å². The van der Waals surface area contributed by atoms with E-state index in [2.05, 4.69) is 53.2 Å². The number of ether oxygens (including phenoxy) is 1. The van der Waals surface area contributed by atoms with Crippen molar-refractivity contribution in [3.05, 3.63) is 0 Å². The fourth-order valence-corrected chi connectivity index (χ4v) is 3.72. The summed E-state index contributed by atoms with van der Waals surface area (Å²) in [7, 11) is 2.22. The van der Waals surface area contributed by atoms with Crippen molar-refractivity contribution < 1.29 is 4.74 Å². The topological polar surface area (TPSA) is 55.4 Å². The third-order valence-corrected chi connectivity index (χ3v) is 5.59. The predicted octanol–water partition coefficient (Wildman–Crippen LogP) is 0.680. The first-order valence-corrected chi connectivity index (χ1v) is 10.8. The van der Waals surface area contributed by atoms with Gasteiger partial charge in [0.25, 0.3) is 0 Å². The highest BCUT2D eigenvalue weighted by Gasteiger charge is 2.28. The zero-order valence-electron chi connectivity index (χ0n) is 18.1. The van der Waals surface area contributed by atoms with Gasteiger partial charge in [0, 0.05) is 44.8 Å². The molecule has 2 heterocycles. The lowest BCUT2D eigenvalue weighted by Gasteiger charge is -2.39. The van der Waals surface area contributed by atoms with Crippen LogP contribution in [0.4, 0.5) is 0 Å². The zero-order chi connectivity index (χ0) is 19.5. The maximum Gasteiger partial charge on any atom is 0.191 e. The minimum atomic E-state index is 0.0597. The smallest absolute Gasteiger partial charge is 0.191 e. The number of likely N-dealkylation sites (N-methyl/N-ethyl adjacent to an activating group) is 1. The fourth-order valence-electron chi connectivity index (χ4n) is 3.72. The quantitative estimate of drug-likeness (QED) is 0.366. The summed E-state index contributed by atoms with van der Waals surface area (Å²) in [5.41, 5.74) is 0.0597. The molecule has 2 aliphatic heterocycles. The minimum Gasteiger partial charge on any atom is -0.379 e. The van der Waals surface area contributed by atoms with Crippen LogP contribution in [0.2, 0.25) is 0 Å². The molecule has 158 valence electrons. The van der Waals surface area contributed by atoms with Crippen LogP contribution in [-0.2, 0) is 4.74 Å². The van der Waals surface area contributed by atoms with Gasteiger partial charge in [0.05, 0.1) is 19.8 Å². The van der Waals surface area contributed by atoms with Crippen molar-refractivity contribution in [3.63, 3.8) is 0 Å². The molecule has 2 saturated heterocycles. The van der Waals surface area contributed by atoms with E-state index < -0.39 is 0 Å². The highest BCUT2D eigenvalue weighted by molar-refractivity contribution is 5.79. The average molecular weight is 383 g/mol. The van der Waals surface area contributed by atoms with Crippen molar-refractivity contribution in [1.29, 1.82) is 0 Å². The molecule has 0 aromatic carbocycles. The number of nitrogens with zero attached hydrogens (tertiary/aromatic N) is 4. The Morgan fingerprint density at radius 2 is 1.81 bits per heavy atom. The van der Waals surface area contributed by atoms with Crippen LogP contribution in [0, 0.1) is 0 Å². The Morgan fingerprint density at radius 1 is 1.04 bits per heavy atom. The normalized spacial score (nSPS) is 21.9. The van der Waals surface area contributed by atoms with Gasteiger partial charge < -0.3 is 25.2 Å². The number of guanidine groups is 1. The highest BCUT2D eigenvalue weighted by atomic mass is 16.5. The molecule has 7 nitrogen and oxygen atoms in total. The maximum atomic E-state index is 5.48. The summed E-state index contributed by atoms with van der Waals surface area (Å²) < 4.78 is 5.48. The fraction of sp³-hybridized carbons (Fsp3) is 0.950. The van der Waals surface area contributed by atoms with E-state index in [1.165, 1.54) is 39.1 Å². The van der Waals surface area contributed by atoms with Gasteiger partial charge >= 0.3 is 0 Å². The van der Waals surface area contributed by atoms with Crippen LogP contribution in [0.15, 0.2) is 4.99 Å². The molecule has 0 unspecified atom stereocenters. The summed E-state index contributed by atoms with van der Waals surface area (Å²) in [5.74, 6) is 0.939. The van der Waals surface area contributed by atoms with Gasteiger partial charge in [0.1, 0.15) is 0 Å². The molecule has 0 aliphatic carbocycles. The van der Waals surface area contributed by atoms with E-state index in [0.29, 0.717) is 0 Å². The lowest BCUT2D eigenvalue weighted by molar-refractivity contribution is -0.00683. The maximum absolute atomic E-state index is 5.48. The van der Waals surface area contributed by atoms with Gasteiger partial charge in [0.15, 0.2) is 5.96 Å². The van der Waals surface area contributed by atoms with Crippen molar-refractivity contribution >= 4 is 5.96 Å². The van der Waals surface area contributed by atoms with Gasteiger partial charge in [-0.05, 0) is 60.3 Å². The van der Waals surface area contributed by atoms with E-state index in [1.54, 1.807) is 0 Å².